The third-order valence-corrected chi connectivity index (χ3v) is 7.13. The molecule has 3 aromatic rings. The van der Waals surface area contributed by atoms with Gasteiger partial charge in [0.15, 0.2) is 0 Å². The molecule has 2 amide bonds. The van der Waals surface area contributed by atoms with E-state index in [9.17, 15) is 14.4 Å². The molecule has 0 spiro atoms. The molecule has 0 bridgehead atoms. The highest BCUT2D eigenvalue weighted by Gasteiger charge is 2.28. The third kappa shape index (κ3) is 7.16. The van der Waals surface area contributed by atoms with E-state index in [-0.39, 0.29) is 18.2 Å². The molecule has 3 N–H and O–H groups in total. The molecule has 0 fully saturated rings. The maximum Gasteiger partial charge on any atom is 0.303 e. The van der Waals surface area contributed by atoms with Crippen LogP contribution in [0.1, 0.15) is 36.5 Å². The number of fused-ring (bicyclic) bond motifs is 1. The highest BCUT2D eigenvalue weighted by molar-refractivity contribution is 9.10. The second kappa shape index (κ2) is 12.9. The largest absolute Gasteiger partial charge is 0.481 e. The number of aryl methyl sites for hydroxylation is 1. The maximum absolute atomic E-state index is 13.3. The van der Waals surface area contributed by atoms with Crippen LogP contribution >= 0.6 is 15.9 Å². The van der Waals surface area contributed by atoms with E-state index >= 15 is 0 Å². The molecule has 3 aromatic carbocycles. The Hall–Kier alpha value is -3.95. The number of halogens is 1. The summed E-state index contributed by atoms with van der Waals surface area (Å²) in [7, 11) is 4.02. The van der Waals surface area contributed by atoms with E-state index in [2.05, 4.69) is 31.5 Å². The molecule has 40 heavy (non-hydrogen) atoms. The Kier molecular flexibility index (Phi) is 9.39. The SMILES string of the molecule is CC(=O)N(CCCN(C)C)c1ccc(N/C(=C2\C(=O)Nc3cc(Br)ccc32)c2cccc(CCC(=O)O)c2)cc1. The molecule has 1 aliphatic rings. The lowest BCUT2D eigenvalue weighted by atomic mass is 9.97. The number of benzene rings is 3. The minimum absolute atomic E-state index is 0.0167. The fraction of sp³-hybridized carbons (Fsp3) is 0.258. The lowest BCUT2D eigenvalue weighted by Crippen LogP contribution is -2.31. The standard InChI is InChI=1S/C31H33BrN4O4/c1-20(37)36(17-5-16-35(2)3)25-12-10-24(11-13-25)33-30(22-7-4-6-21(18-22)8-15-28(38)39)29-26-14-9-23(32)19-27(26)34-31(29)40/h4,6-7,9-14,18-19,33H,5,8,15-17H2,1-3H3,(H,34,40)(H,38,39)/b30-29-. The summed E-state index contributed by atoms with van der Waals surface area (Å²) in [6.45, 7) is 3.06. The number of nitrogens with zero attached hydrogens (tertiary/aromatic N) is 2. The van der Waals surface area contributed by atoms with Gasteiger partial charge in [0.05, 0.1) is 17.0 Å². The van der Waals surface area contributed by atoms with Crippen LogP contribution in [0, 0.1) is 0 Å². The van der Waals surface area contributed by atoms with Crippen LogP contribution in [0.3, 0.4) is 0 Å². The molecule has 0 unspecified atom stereocenters. The topological polar surface area (TPSA) is 102 Å². The number of hydrogen-bond donors (Lipinski definition) is 3. The minimum Gasteiger partial charge on any atom is -0.481 e. The van der Waals surface area contributed by atoms with Crippen molar-refractivity contribution in [2.75, 3.05) is 42.7 Å². The molecule has 1 heterocycles. The summed E-state index contributed by atoms with van der Waals surface area (Å²) < 4.78 is 0.856. The highest BCUT2D eigenvalue weighted by atomic mass is 79.9. The highest BCUT2D eigenvalue weighted by Crippen LogP contribution is 2.39. The number of rotatable bonds is 11. The van der Waals surface area contributed by atoms with Crippen LogP contribution in [-0.2, 0) is 20.8 Å². The number of hydrogen-bond acceptors (Lipinski definition) is 5. The van der Waals surface area contributed by atoms with Crippen molar-refractivity contribution >= 4 is 62.0 Å². The summed E-state index contributed by atoms with van der Waals surface area (Å²) >= 11 is 3.47. The molecule has 9 heteroatoms. The zero-order chi connectivity index (χ0) is 28.8. The second-order valence-electron chi connectivity index (χ2n) is 9.99. The van der Waals surface area contributed by atoms with Gasteiger partial charge in [0.2, 0.25) is 5.91 Å². The molecule has 0 saturated carbocycles. The molecule has 0 saturated heterocycles. The van der Waals surface area contributed by atoms with E-state index in [4.69, 9.17) is 5.11 Å². The van der Waals surface area contributed by atoms with E-state index in [0.717, 1.165) is 45.5 Å². The van der Waals surface area contributed by atoms with Crippen LogP contribution in [0.25, 0.3) is 11.3 Å². The van der Waals surface area contributed by atoms with Gasteiger partial charge in [-0.1, -0.05) is 40.2 Å². The van der Waals surface area contributed by atoms with Crippen LogP contribution in [0.2, 0.25) is 0 Å². The van der Waals surface area contributed by atoms with Gasteiger partial charge in [-0.2, -0.15) is 0 Å². The van der Waals surface area contributed by atoms with E-state index in [1.165, 1.54) is 0 Å². The predicted molar refractivity (Wildman–Crippen MR) is 163 cm³/mol. The van der Waals surface area contributed by atoms with Crippen molar-refractivity contribution in [1.29, 1.82) is 0 Å². The number of amides is 2. The van der Waals surface area contributed by atoms with Crippen LogP contribution in [0.15, 0.2) is 71.2 Å². The quantitative estimate of drug-likeness (QED) is 0.243. The van der Waals surface area contributed by atoms with Crippen molar-refractivity contribution in [3.8, 4) is 0 Å². The number of anilines is 3. The van der Waals surface area contributed by atoms with Crippen LogP contribution in [-0.4, -0.2) is 55.0 Å². The number of nitrogens with one attached hydrogen (secondary N) is 2. The minimum atomic E-state index is -0.863. The molecule has 4 rings (SSSR count). The van der Waals surface area contributed by atoms with Crippen molar-refractivity contribution in [1.82, 2.24) is 4.90 Å². The van der Waals surface area contributed by atoms with Crippen molar-refractivity contribution in [3.05, 3.63) is 87.9 Å². The summed E-state index contributed by atoms with van der Waals surface area (Å²) in [4.78, 5) is 40.6. The van der Waals surface area contributed by atoms with Gasteiger partial charge in [0.1, 0.15) is 0 Å². The Morgan fingerprint density at radius 2 is 1.75 bits per heavy atom. The van der Waals surface area contributed by atoms with Crippen LogP contribution in [0.5, 0.6) is 0 Å². The maximum atomic E-state index is 13.3. The van der Waals surface area contributed by atoms with E-state index < -0.39 is 5.97 Å². The normalized spacial score (nSPS) is 13.6. The number of carboxylic acids is 1. The number of carbonyl (C=O) groups excluding carboxylic acids is 2. The van der Waals surface area contributed by atoms with Crippen molar-refractivity contribution in [2.45, 2.75) is 26.2 Å². The predicted octanol–water partition coefficient (Wildman–Crippen LogP) is 5.70. The van der Waals surface area contributed by atoms with Crippen LogP contribution in [0.4, 0.5) is 17.1 Å². The summed E-state index contributed by atoms with van der Waals surface area (Å²) in [5.41, 5.74) is 5.76. The number of carbonyl (C=O) groups is 3. The summed E-state index contributed by atoms with van der Waals surface area (Å²) in [6.07, 6.45) is 1.25. The fourth-order valence-electron chi connectivity index (χ4n) is 4.69. The zero-order valence-electron chi connectivity index (χ0n) is 22.8. The molecule has 1 aliphatic heterocycles. The summed E-state index contributed by atoms with van der Waals surface area (Å²) in [5.74, 6) is -1.11. The first kappa shape index (κ1) is 29.0. The third-order valence-electron chi connectivity index (χ3n) is 6.63. The van der Waals surface area contributed by atoms with Gasteiger partial charge in [-0.15, -0.1) is 0 Å². The average Bonchev–Trinajstić information content (AvgIpc) is 3.23. The van der Waals surface area contributed by atoms with E-state index in [1.807, 2.05) is 80.8 Å². The molecule has 0 radical (unpaired) electrons. The first-order chi connectivity index (χ1) is 19.1. The molecule has 0 atom stereocenters. The van der Waals surface area contributed by atoms with E-state index in [1.54, 1.807) is 11.8 Å². The second-order valence-corrected chi connectivity index (χ2v) is 10.9. The van der Waals surface area contributed by atoms with Gasteiger partial charge in [0, 0.05) is 41.3 Å². The molecule has 0 aromatic heterocycles. The first-order valence-corrected chi connectivity index (χ1v) is 13.9. The van der Waals surface area contributed by atoms with Crippen molar-refractivity contribution < 1.29 is 19.5 Å². The Balaban J connectivity index is 1.71. The summed E-state index contributed by atoms with van der Waals surface area (Å²) in [5, 5.41) is 15.5. The van der Waals surface area contributed by atoms with Crippen molar-refractivity contribution in [3.63, 3.8) is 0 Å². The Bertz CT molecular complexity index is 1450. The van der Waals surface area contributed by atoms with Crippen LogP contribution < -0.4 is 15.5 Å². The van der Waals surface area contributed by atoms with Gasteiger partial charge in [0.25, 0.3) is 5.91 Å². The summed E-state index contributed by atoms with van der Waals surface area (Å²) in [6, 6.07) is 20.8. The zero-order valence-corrected chi connectivity index (χ0v) is 24.4. The number of carboxylic acid groups (broad SMARTS) is 1. The monoisotopic (exact) mass is 604 g/mol. The lowest BCUT2D eigenvalue weighted by molar-refractivity contribution is -0.137. The lowest BCUT2D eigenvalue weighted by Gasteiger charge is -2.23. The van der Waals surface area contributed by atoms with Crippen molar-refractivity contribution in [2.24, 2.45) is 0 Å². The van der Waals surface area contributed by atoms with E-state index in [0.29, 0.717) is 29.9 Å². The molecule has 8 nitrogen and oxygen atoms in total. The van der Waals surface area contributed by atoms with Gasteiger partial charge < -0.3 is 25.5 Å². The molecular weight excluding hydrogens is 572 g/mol. The Labute approximate surface area is 242 Å². The first-order valence-electron chi connectivity index (χ1n) is 13.1. The van der Waals surface area contributed by atoms with Gasteiger partial charge in [-0.05, 0) is 87.1 Å². The Morgan fingerprint density at radius 1 is 1.00 bits per heavy atom. The van der Waals surface area contributed by atoms with Gasteiger partial charge in [-0.3, -0.25) is 14.4 Å². The Morgan fingerprint density at radius 3 is 2.42 bits per heavy atom. The fourth-order valence-corrected chi connectivity index (χ4v) is 5.05. The molecule has 0 aliphatic carbocycles. The average molecular weight is 606 g/mol. The molecule has 208 valence electrons. The van der Waals surface area contributed by atoms with Gasteiger partial charge >= 0.3 is 5.97 Å². The molecular formula is C31H33BrN4O4. The number of aliphatic carboxylic acids is 1. The van der Waals surface area contributed by atoms with Gasteiger partial charge in [-0.25, -0.2) is 0 Å². The smallest absolute Gasteiger partial charge is 0.303 e.